The minimum atomic E-state index is -1.00. The van der Waals surface area contributed by atoms with Gasteiger partial charge in [0, 0.05) is 11.6 Å². The molecule has 1 aromatic carbocycles. The van der Waals surface area contributed by atoms with Crippen LogP contribution in [0, 0.1) is 6.92 Å². The van der Waals surface area contributed by atoms with E-state index in [1.807, 2.05) is 37.3 Å². The Kier molecular flexibility index (Phi) is 3.90. The van der Waals surface area contributed by atoms with Crippen LogP contribution in [0.2, 0.25) is 0 Å². The fourth-order valence-electron chi connectivity index (χ4n) is 1.64. The summed E-state index contributed by atoms with van der Waals surface area (Å²) in [7, 11) is 0. The van der Waals surface area contributed by atoms with Gasteiger partial charge in [-0.1, -0.05) is 35.0 Å². The molecule has 0 saturated carbocycles. The van der Waals surface area contributed by atoms with E-state index in [1.54, 1.807) is 13.8 Å². The second-order valence-electron chi connectivity index (χ2n) is 5.33. The monoisotopic (exact) mass is 274 g/mol. The fourth-order valence-corrected chi connectivity index (χ4v) is 1.64. The normalized spacial score (nSPS) is 11.6. The number of hydrogen-bond donors (Lipinski definition) is 2. The van der Waals surface area contributed by atoms with Gasteiger partial charge in [-0.3, -0.25) is 10.1 Å². The maximum atomic E-state index is 11.0. The molecular formula is C15H18N2O3. The van der Waals surface area contributed by atoms with Crippen molar-refractivity contribution >= 4 is 5.97 Å². The zero-order valence-electron chi connectivity index (χ0n) is 11.8. The third-order valence-corrected chi connectivity index (χ3v) is 3.15. The number of aromatic nitrogens is 1. The van der Waals surface area contributed by atoms with Crippen LogP contribution in [0.4, 0.5) is 0 Å². The molecule has 2 N–H and O–H groups in total. The Bertz CT molecular complexity index is 600. The lowest BCUT2D eigenvalue weighted by atomic mass is 10.1. The summed E-state index contributed by atoms with van der Waals surface area (Å²) in [6.07, 6.45) is 0. The summed E-state index contributed by atoms with van der Waals surface area (Å²) < 4.78 is 5.22. The van der Waals surface area contributed by atoms with Gasteiger partial charge >= 0.3 is 5.97 Å². The van der Waals surface area contributed by atoms with Crippen molar-refractivity contribution in [2.24, 2.45) is 0 Å². The molecular weight excluding hydrogens is 256 g/mol. The van der Waals surface area contributed by atoms with Crippen LogP contribution in [0.15, 0.2) is 34.9 Å². The zero-order valence-corrected chi connectivity index (χ0v) is 11.8. The summed E-state index contributed by atoms with van der Waals surface area (Å²) >= 11 is 0. The molecule has 5 heteroatoms. The molecule has 20 heavy (non-hydrogen) atoms. The number of nitrogens with zero attached hydrogens (tertiary/aromatic N) is 1. The summed E-state index contributed by atoms with van der Waals surface area (Å²) in [5.41, 5.74) is 1.90. The van der Waals surface area contributed by atoms with E-state index >= 15 is 0 Å². The maximum absolute atomic E-state index is 11.0. The van der Waals surface area contributed by atoms with Crippen molar-refractivity contribution in [3.8, 4) is 11.3 Å². The molecule has 0 aliphatic heterocycles. The van der Waals surface area contributed by atoms with E-state index in [-0.39, 0.29) is 0 Å². The molecule has 2 rings (SSSR count). The topological polar surface area (TPSA) is 75.4 Å². The Morgan fingerprint density at radius 1 is 1.35 bits per heavy atom. The quantitative estimate of drug-likeness (QED) is 0.876. The molecule has 1 heterocycles. The Labute approximate surface area is 117 Å². The van der Waals surface area contributed by atoms with Crippen molar-refractivity contribution in [2.75, 3.05) is 0 Å². The number of hydrogen-bond acceptors (Lipinski definition) is 4. The number of benzene rings is 1. The Morgan fingerprint density at radius 3 is 2.60 bits per heavy atom. The Hall–Kier alpha value is -2.14. The number of carbonyl (C=O) groups is 1. The highest BCUT2D eigenvalue weighted by Crippen LogP contribution is 2.19. The average molecular weight is 274 g/mol. The molecule has 0 atom stereocenters. The number of rotatable bonds is 5. The van der Waals surface area contributed by atoms with E-state index in [2.05, 4.69) is 10.5 Å². The lowest BCUT2D eigenvalue weighted by Gasteiger charge is -2.19. The van der Waals surface area contributed by atoms with E-state index in [0.29, 0.717) is 12.3 Å². The maximum Gasteiger partial charge on any atom is 0.323 e. The van der Waals surface area contributed by atoms with E-state index in [0.717, 1.165) is 11.3 Å². The van der Waals surface area contributed by atoms with Crippen LogP contribution in [0.1, 0.15) is 25.2 Å². The van der Waals surface area contributed by atoms with Gasteiger partial charge in [-0.05, 0) is 20.8 Å². The van der Waals surface area contributed by atoms with Crippen molar-refractivity contribution in [3.63, 3.8) is 0 Å². The second kappa shape index (κ2) is 5.46. The predicted octanol–water partition coefficient (Wildman–Crippen LogP) is 2.60. The number of carboxylic acid groups (broad SMARTS) is 1. The van der Waals surface area contributed by atoms with Crippen molar-refractivity contribution in [1.82, 2.24) is 10.5 Å². The van der Waals surface area contributed by atoms with E-state index in [4.69, 9.17) is 9.63 Å². The van der Waals surface area contributed by atoms with Gasteiger partial charge in [0.2, 0.25) is 0 Å². The van der Waals surface area contributed by atoms with E-state index in [9.17, 15) is 4.79 Å². The Balaban J connectivity index is 2.06. The first-order chi connectivity index (χ1) is 9.38. The summed E-state index contributed by atoms with van der Waals surface area (Å²) in [5, 5.41) is 15.9. The second-order valence-corrected chi connectivity index (χ2v) is 5.33. The first kappa shape index (κ1) is 14.3. The van der Waals surface area contributed by atoms with Gasteiger partial charge in [0.15, 0.2) is 5.76 Å². The fraction of sp³-hybridized carbons (Fsp3) is 0.333. The van der Waals surface area contributed by atoms with Gasteiger partial charge in [-0.25, -0.2) is 0 Å². The highest BCUT2D eigenvalue weighted by atomic mass is 16.5. The van der Waals surface area contributed by atoms with Crippen LogP contribution in [0.25, 0.3) is 11.3 Å². The summed E-state index contributed by atoms with van der Waals surface area (Å²) in [6.45, 7) is 5.55. The van der Waals surface area contributed by atoms with Crippen molar-refractivity contribution in [2.45, 2.75) is 32.9 Å². The van der Waals surface area contributed by atoms with Crippen LogP contribution in [-0.2, 0) is 11.3 Å². The van der Waals surface area contributed by atoms with Crippen LogP contribution in [0.3, 0.4) is 0 Å². The van der Waals surface area contributed by atoms with Crippen molar-refractivity contribution < 1.29 is 14.4 Å². The minimum Gasteiger partial charge on any atom is -0.480 e. The van der Waals surface area contributed by atoms with Crippen LogP contribution < -0.4 is 5.32 Å². The van der Waals surface area contributed by atoms with Crippen molar-refractivity contribution in [1.29, 1.82) is 0 Å². The molecule has 0 unspecified atom stereocenters. The zero-order chi connectivity index (χ0) is 14.8. The largest absolute Gasteiger partial charge is 0.480 e. The molecule has 2 aromatic rings. The molecule has 0 saturated heterocycles. The Morgan fingerprint density at radius 2 is 2.00 bits per heavy atom. The molecule has 0 bridgehead atoms. The highest BCUT2D eigenvalue weighted by Gasteiger charge is 2.26. The van der Waals surface area contributed by atoms with Gasteiger partial charge in [0.1, 0.15) is 11.2 Å². The van der Waals surface area contributed by atoms with Gasteiger partial charge in [0.25, 0.3) is 0 Å². The summed E-state index contributed by atoms with van der Waals surface area (Å²) in [6, 6.07) is 9.79. The van der Waals surface area contributed by atoms with Gasteiger partial charge < -0.3 is 9.63 Å². The summed E-state index contributed by atoms with van der Waals surface area (Å²) in [4.78, 5) is 11.0. The molecule has 0 aliphatic rings. The van der Waals surface area contributed by atoms with E-state index < -0.39 is 11.5 Å². The molecule has 1 aromatic heterocycles. The van der Waals surface area contributed by atoms with Crippen LogP contribution >= 0.6 is 0 Å². The first-order valence-corrected chi connectivity index (χ1v) is 6.39. The minimum absolute atomic E-state index is 0.318. The first-order valence-electron chi connectivity index (χ1n) is 6.39. The predicted molar refractivity (Wildman–Crippen MR) is 75.2 cm³/mol. The lowest BCUT2D eigenvalue weighted by Crippen LogP contribution is -2.46. The third-order valence-electron chi connectivity index (χ3n) is 3.15. The average Bonchev–Trinajstić information content (AvgIpc) is 2.86. The standard InChI is InChI=1S/C15H18N2O3/c1-10-4-6-11(7-5-10)13-8-12(20-17-13)9-16-15(2,3)14(18)19/h4-8,16H,9H2,1-3H3,(H,18,19). The molecule has 0 spiro atoms. The van der Waals surface area contributed by atoms with E-state index in [1.165, 1.54) is 5.56 Å². The highest BCUT2D eigenvalue weighted by molar-refractivity contribution is 5.77. The summed E-state index contributed by atoms with van der Waals surface area (Å²) in [5.74, 6) is -0.300. The van der Waals surface area contributed by atoms with Crippen LogP contribution in [-0.4, -0.2) is 21.8 Å². The van der Waals surface area contributed by atoms with Gasteiger partial charge in [-0.2, -0.15) is 0 Å². The number of aliphatic carboxylic acids is 1. The van der Waals surface area contributed by atoms with Gasteiger partial charge in [-0.15, -0.1) is 0 Å². The number of aryl methyl sites for hydroxylation is 1. The SMILES string of the molecule is Cc1ccc(-c2cc(CNC(C)(C)C(=O)O)on2)cc1. The molecule has 0 amide bonds. The molecule has 106 valence electrons. The third kappa shape index (κ3) is 3.24. The smallest absolute Gasteiger partial charge is 0.323 e. The number of nitrogens with one attached hydrogen (secondary N) is 1. The molecule has 0 fully saturated rings. The molecule has 5 nitrogen and oxygen atoms in total. The lowest BCUT2D eigenvalue weighted by molar-refractivity contribution is -0.143. The van der Waals surface area contributed by atoms with Crippen molar-refractivity contribution in [3.05, 3.63) is 41.7 Å². The number of carboxylic acids is 1. The van der Waals surface area contributed by atoms with Crippen LogP contribution in [0.5, 0.6) is 0 Å². The van der Waals surface area contributed by atoms with Gasteiger partial charge in [0.05, 0.1) is 6.54 Å². The molecule has 0 radical (unpaired) electrons. The molecule has 0 aliphatic carbocycles.